The molecule has 0 radical (unpaired) electrons. The lowest BCUT2D eigenvalue weighted by atomic mass is 10.0. The van der Waals surface area contributed by atoms with Crippen LogP contribution in [0.25, 0.3) is 21.9 Å². The number of amides is 1. The van der Waals surface area contributed by atoms with Crippen molar-refractivity contribution in [3.05, 3.63) is 58.6 Å². The first kappa shape index (κ1) is 24.1. The maximum atomic E-state index is 13.4. The summed E-state index contributed by atoms with van der Waals surface area (Å²) in [6, 6.07) is 9.03. The number of hydrogen-bond donors (Lipinski definition) is 0. The molecule has 4 nitrogen and oxygen atoms in total. The van der Waals surface area contributed by atoms with Gasteiger partial charge in [0.15, 0.2) is 6.10 Å². The van der Waals surface area contributed by atoms with Crippen LogP contribution in [0, 0.1) is 5.82 Å². The molecule has 2 aromatic carbocycles. The van der Waals surface area contributed by atoms with Crippen molar-refractivity contribution in [2.75, 3.05) is 13.1 Å². The molecule has 0 aliphatic carbocycles. The van der Waals surface area contributed by atoms with Crippen LogP contribution in [-0.2, 0) is 4.79 Å². The molecule has 170 valence electrons. The minimum Gasteiger partial charge on any atom is -0.481 e. The Morgan fingerprint density at radius 1 is 1.16 bits per heavy atom. The van der Waals surface area contributed by atoms with Crippen molar-refractivity contribution in [1.29, 1.82) is 0 Å². The number of carbonyl (C=O) groups is 1. The zero-order valence-corrected chi connectivity index (χ0v) is 19.1. The number of halogens is 5. The van der Waals surface area contributed by atoms with Gasteiger partial charge in [-0.25, -0.2) is 18.2 Å². The minimum absolute atomic E-state index is 0.130. The van der Waals surface area contributed by atoms with Crippen molar-refractivity contribution >= 4 is 39.9 Å². The summed E-state index contributed by atoms with van der Waals surface area (Å²) in [4.78, 5) is 17.8. The molecule has 0 spiro atoms. The minimum atomic E-state index is -3.01. The van der Waals surface area contributed by atoms with E-state index in [9.17, 15) is 18.0 Å². The molecule has 0 N–H and O–H groups in total. The van der Waals surface area contributed by atoms with E-state index in [1.165, 1.54) is 19.1 Å². The molecule has 1 heterocycles. The Morgan fingerprint density at radius 2 is 1.88 bits per heavy atom. The lowest BCUT2D eigenvalue weighted by molar-refractivity contribution is -0.142. The molecule has 1 atom stereocenters. The molecular formula is C23H21Cl2F3N2O2. The van der Waals surface area contributed by atoms with Crippen LogP contribution in [0.15, 0.2) is 42.6 Å². The highest BCUT2D eigenvalue weighted by atomic mass is 35.5. The molecule has 1 aromatic heterocycles. The van der Waals surface area contributed by atoms with Crippen LogP contribution in [0.2, 0.25) is 10.2 Å². The topological polar surface area (TPSA) is 42.4 Å². The van der Waals surface area contributed by atoms with E-state index >= 15 is 0 Å². The second kappa shape index (κ2) is 9.55. The van der Waals surface area contributed by atoms with E-state index in [0.717, 1.165) is 11.8 Å². The fourth-order valence-electron chi connectivity index (χ4n) is 3.38. The lowest BCUT2D eigenvalue weighted by Crippen LogP contribution is -2.45. The van der Waals surface area contributed by atoms with Crippen LogP contribution in [-0.4, -0.2) is 40.9 Å². The molecular weight excluding hydrogens is 464 g/mol. The van der Waals surface area contributed by atoms with Crippen LogP contribution in [0.4, 0.5) is 13.2 Å². The van der Waals surface area contributed by atoms with Gasteiger partial charge in [-0.05, 0) is 55.6 Å². The van der Waals surface area contributed by atoms with Crippen molar-refractivity contribution in [3.63, 3.8) is 0 Å². The fourth-order valence-corrected chi connectivity index (χ4v) is 3.85. The van der Waals surface area contributed by atoms with Gasteiger partial charge < -0.3 is 9.64 Å². The van der Waals surface area contributed by atoms with E-state index < -0.39 is 30.3 Å². The van der Waals surface area contributed by atoms with E-state index in [1.54, 1.807) is 37.4 Å². The second-order valence-corrected chi connectivity index (χ2v) is 8.24. The summed E-state index contributed by atoms with van der Waals surface area (Å²) in [7, 11) is 0. The van der Waals surface area contributed by atoms with Crippen LogP contribution in [0.5, 0.6) is 5.75 Å². The molecule has 0 bridgehead atoms. The summed E-state index contributed by atoms with van der Waals surface area (Å²) in [6.45, 7) is 3.33. The average Bonchev–Trinajstić information content (AvgIpc) is 2.72. The van der Waals surface area contributed by atoms with Gasteiger partial charge in [0.1, 0.15) is 16.7 Å². The SMILES string of the molecule is CCN(CC(C)(F)F)C(=O)C(C)Oc1ccc2c(-c3ccc(F)cc3Cl)cnc(Cl)c2c1. The van der Waals surface area contributed by atoms with Gasteiger partial charge in [-0.1, -0.05) is 23.2 Å². The number of ether oxygens (including phenoxy) is 1. The Kier molecular flexibility index (Phi) is 7.20. The van der Waals surface area contributed by atoms with E-state index in [-0.39, 0.29) is 16.7 Å². The van der Waals surface area contributed by atoms with Gasteiger partial charge in [-0.2, -0.15) is 0 Å². The molecule has 3 aromatic rings. The van der Waals surface area contributed by atoms with E-state index in [2.05, 4.69) is 4.98 Å². The molecule has 0 aliphatic rings. The third kappa shape index (κ3) is 5.45. The Labute approximate surface area is 193 Å². The highest BCUT2D eigenvalue weighted by molar-refractivity contribution is 6.36. The Morgan fingerprint density at radius 3 is 2.50 bits per heavy atom. The molecule has 0 saturated carbocycles. The number of likely N-dealkylation sites (N-methyl/N-ethyl adjacent to an activating group) is 1. The maximum Gasteiger partial charge on any atom is 0.263 e. The average molecular weight is 485 g/mol. The first-order valence-corrected chi connectivity index (χ1v) is 10.6. The van der Waals surface area contributed by atoms with Crippen molar-refractivity contribution in [2.24, 2.45) is 0 Å². The number of rotatable bonds is 7. The fraction of sp³-hybridized carbons (Fsp3) is 0.304. The summed E-state index contributed by atoms with van der Waals surface area (Å²) in [5.74, 6) is -3.69. The van der Waals surface area contributed by atoms with Crippen LogP contribution in [0.1, 0.15) is 20.8 Å². The van der Waals surface area contributed by atoms with E-state index in [1.807, 2.05) is 0 Å². The number of hydrogen-bond acceptors (Lipinski definition) is 3. The van der Waals surface area contributed by atoms with Gasteiger partial charge in [0.2, 0.25) is 0 Å². The monoisotopic (exact) mass is 484 g/mol. The van der Waals surface area contributed by atoms with Crippen molar-refractivity contribution in [3.8, 4) is 16.9 Å². The predicted molar refractivity (Wildman–Crippen MR) is 120 cm³/mol. The highest BCUT2D eigenvalue weighted by Gasteiger charge is 2.30. The first-order chi connectivity index (χ1) is 15.0. The summed E-state index contributed by atoms with van der Waals surface area (Å²) in [5, 5.41) is 1.66. The van der Waals surface area contributed by atoms with Crippen molar-refractivity contribution in [1.82, 2.24) is 9.88 Å². The summed E-state index contributed by atoms with van der Waals surface area (Å²) < 4.78 is 45.9. The molecule has 0 saturated heterocycles. The molecule has 1 unspecified atom stereocenters. The van der Waals surface area contributed by atoms with Gasteiger partial charge in [0.25, 0.3) is 11.8 Å². The molecule has 0 fully saturated rings. The highest BCUT2D eigenvalue weighted by Crippen LogP contribution is 2.37. The molecule has 9 heteroatoms. The Bertz CT molecular complexity index is 1150. The Balaban J connectivity index is 1.91. The normalized spacial score (nSPS) is 12.6. The number of pyridine rings is 1. The van der Waals surface area contributed by atoms with Crippen LogP contribution >= 0.6 is 23.2 Å². The van der Waals surface area contributed by atoms with Gasteiger partial charge in [0, 0.05) is 36.2 Å². The third-order valence-electron chi connectivity index (χ3n) is 4.85. The Hall–Kier alpha value is -2.51. The number of aromatic nitrogens is 1. The van der Waals surface area contributed by atoms with Gasteiger partial charge in [0.05, 0.1) is 11.6 Å². The largest absolute Gasteiger partial charge is 0.481 e. The van der Waals surface area contributed by atoms with Gasteiger partial charge in [-0.3, -0.25) is 4.79 Å². The summed E-state index contributed by atoms with van der Waals surface area (Å²) in [5.41, 5.74) is 1.23. The number of fused-ring (bicyclic) bond motifs is 1. The molecule has 32 heavy (non-hydrogen) atoms. The lowest BCUT2D eigenvalue weighted by Gasteiger charge is -2.27. The summed E-state index contributed by atoms with van der Waals surface area (Å²) in [6.07, 6.45) is 0.553. The quantitative estimate of drug-likeness (QED) is 0.354. The zero-order chi connectivity index (χ0) is 23.6. The van der Waals surface area contributed by atoms with Gasteiger partial charge >= 0.3 is 0 Å². The maximum absolute atomic E-state index is 13.4. The molecule has 1 amide bonds. The summed E-state index contributed by atoms with van der Waals surface area (Å²) >= 11 is 12.5. The zero-order valence-electron chi connectivity index (χ0n) is 17.6. The van der Waals surface area contributed by atoms with Crippen molar-refractivity contribution in [2.45, 2.75) is 32.8 Å². The van der Waals surface area contributed by atoms with Crippen LogP contribution < -0.4 is 4.74 Å². The standard InChI is InChI=1S/C23H21Cl2F3N2O2/c1-4-30(12-23(3,27)28)22(31)13(2)32-15-6-8-16-18(10-15)21(25)29-11-19(16)17-7-5-14(26)9-20(17)24/h5-11,13H,4,12H2,1-3H3. The van der Waals surface area contributed by atoms with Gasteiger partial charge in [-0.15, -0.1) is 0 Å². The number of benzene rings is 2. The molecule has 0 aliphatic heterocycles. The second-order valence-electron chi connectivity index (χ2n) is 7.48. The number of alkyl halides is 2. The number of nitrogens with zero attached hydrogens (tertiary/aromatic N) is 2. The predicted octanol–water partition coefficient (Wildman–Crippen LogP) is 6.62. The third-order valence-corrected chi connectivity index (χ3v) is 5.47. The first-order valence-electron chi connectivity index (χ1n) is 9.87. The van der Waals surface area contributed by atoms with Crippen molar-refractivity contribution < 1.29 is 22.7 Å². The smallest absolute Gasteiger partial charge is 0.263 e. The van der Waals surface area contributed by atoms with E-state index in [0.29, 0.717) is 27.6 Å². The molecule has 3 rings (SSSR count). The number of carbonyl (C=O) groups excluding carboxylic acids is 1. The van der Waals surface area contributed by atoms with Crippen LogP contribution in [0.3, 0.4) is 0 Å². The van der Waals surface area contributed by atoms with E-state index in [4.69, 9.17) is 27.9 Å².